The molecule has 3 saturated carbocycles. The quantitative estimate of drug-likeness (QED) is 0.271. The van der Waals surface area contributed by atoms with E-state index in [-0.39, 0.29) is 0 Å². The summed E-state index contributed by atoms with van der Waals surface area (Å²) in [4.78, 5) is 0. The summed E-state index contributed by atoms with van der Waals surface area (Å²) in [5.41, 5.74) is 0. The summed E-state index contributed by atoms with van der Waals surface area (Å²) in [5.74, 6) is 7.89. The van der Waals surface area contributed by atoms with Crippen molar-refractivity contribution in [3.63, 3.8) is 0 Å². The lowest BCUT2D eigenvalue weighted by Crippen LogP contribution is -2.37. The van der Waals surface area contributed by atoms with Crippen molar-refractivity contribution in [3.05, 3.63) is 0 Å². The molecule has 0 heterocycles. The maximum absolute atomic E-state index is 9.41. The van der Waals surface area contributed by atoms with Crippen LogP contribution in [0.15, 0.2) is 0 Å². The third-order valence-corrected chi connectivity index (χ3v) is 10.9. The molecule has 0 radical (unpaired) electrons. The van der Waals surface area contributed by atoms with E-state index in [2.05, 4.69) is 20.8 Å². The average Bonchev–Trinajstić information content (AvgIpc) is 2.86. The Morgan fingerprint density at radius 1 is 0.515 bits per heavy atom. The van der Waals surface area contributed by atoms with Crippen molar-refractivity contribution < 1.29 is 5.11 Å². The van der Waals surface area contributed by atoms with Gasteiger partial charge in [-0.2, -0.15) is 0 Å². The van der Waals surface area contributed by atoms with E-state index in [1.54, 1.807) is 32.1 Å². The van der Waals surface area contributed by atoms with Gasteiger partial charge in [0.05, 0.1) is 0 Å². The fourth-order valence-electron chi connectivity index (χ4n) is 8.68. The molecule has 1 N–H and O–H groups in total. The Hall–Kier alpha value is -0.0400. The predicted molar refractivity (Wildman–Crippen MR) is 144 cm³/mol. The minimum absolute atomic E-state index is 0.398. The molecule has 0 aliphatic heterocycles. The summed E-state index contributed by atoms with van der Waals surface area (Å²) in [7, 11) is 0. The zero-order valence-corrected chi connectivity index (χ0v) is 22.9. The van der Waals surface area contributed by atoms with E-state index >= 15 is 0 Å². The zero-order valence-electron chi connectivity index (χ0n) is 22.9. The summed E-state index contributed by atoms with van der Waals surface area (Å²) >= 11 is 0. The molecule has 33 heavy (non-hydrogen) atoms. The van der Waals surface area contributed by atoms with E-state index in [1.165, 1.54) is 89.9 Å². The molecule has 1 heteroatoms. The molecule has 6 unspecified atom stereocenters. The highest BCUT2D eigenvalue weighted by atomic mass is 16.3. The third-order valence-electron chi connectivity index (χ3n) is 10.9. The first kappa shape index (κ1) is 27.5. The third kappa shape index (κ3) is 8.54. The Kier molecular flexibility index (Phi) is 12.7. The van der Waals surface area contributed by atoms with Crippen LogP contribution in [0.1, 0.15) is 149 Å². The lowest BCUT2D eigenvalue weighted by atomic mass is 9.59. The van der Waals surface area contributed by atoms with Crippen molar-refractivity contribution in [1.82, 2.24) is 0 Å². The minimum Gasteiger partial charge on any atom is -0.396 e. The normalized spacial score (nSPS) is 37.8. The SMILES string of the molecule is CCCCCCC1CCC(CCC2CCC(C3CCC(CCO)CC3CC)C(CC)C2)CC1. The lowest BCUT2D eigenvalue weighted by molar-refractivity contribution is 0.0351. The van der Waals surface area contributed by atoms with Crippen LogP contribution in [0.5, 0.6) is 0 Å². The Morgan fingerprint density at radius 2 is 1.00 bits per heavy atom. The van der Waals surface area contributed by atoms with Gasteiger partial charge >= 0.3 is 0 Å². The van der Waals surface area contributed by atoms with Gasteiger partial charge in [-0.15, -0.1) is 0 Å². The highest BCUT2D eigenvalue weighted by Crippen LogP contribution is 2.50. The molecule has 0 amide bonds. The van der Waals surface area contributed by atoms with Gasteiger partial charge in [-0.1, -0.05) is 117 Å². The fraction of sp³-hybridized carbons (Fsp3) is 1.00. The fourth-order valence-corrected chi connectivity index (χ4v) is 8.68. The molecular formula is C32H60O. The van der Waals surface area contributed by atoms with Crippen LogP contribution in [0, 0.1) is 47.3 Å². The first-order valence-electron chi connectivity index (χ1n) is 15.8. The Balaban J connectivity index is 1.38. The van der Waals surface area contributed by atoms with Crippen molar-refractivity contribution in [2.45, 2.75) is 149 Å². The molecule has 0 aromatic rings. The average molecular weight is 461 g/mol. The summed E-state index contributed by atoms with van der Waals surface area (Å²) < 4.78 is 0. The van der Waals surface area contributed by atoms with Gasteiger partial charge in [0.2, 0.25) is 0 Å². The molecule has 0 aromatic carbocycles. The van der Waals surface area contributed by atoms with Gasteiger partial charge in [-0.25, -0.2) is 0 Å². The first-order chi connectivity index (χ1) is 16.2. The highest BCUT2D eigenvalue weighted by molar-refractivity contribution is 4.90. The van der Waals surface area contributed by atoms with Crippen LogP contribution in [0.25, 0.3) is 0 Å². The van der Waals surface area contributed by atoms with E-state index < -0.39 is 0 Å². The van der Waals surface area contributed by atoms with Crippen LogP contribution in [0.4, 0.5) is 0 Å². The number of hydrogen-bond acceptors (Lipinski definition) is 1. The van der Waals surface area contributed by atoms with Gasteiger partial charge < -0.3 is 5.11 Å². The number of aliphatic hydroxyl groups excluding tert-OH is 1. The maximum atomic E-state index is 9.41. The van der Waals surface area contributed by atoms with E-state index in [4.69, 9.17) is 0 Å². The van der Waals surface area contributed by atoms with Gasteiger partial charge in [0.1, 0.15) is 0 Å². The summed E-state index contributed by atoms with van der Waals surface area (Å²) in [5, 5.41) is 9.41. The first-order valence-corrected chi connectivity index (χ1v) is 15.8. The van der Waals surface area contributed by atoms with Crippen molar-refractivity contribution in [3.8, 4) is 0 Å². The van der Waals surface area contributed by atoms with E-state index in [0.29, 0.717) is 6.61 Å². The Bertz CT molecular complexity index is 493. The van der Waals surface area contributed by atoms with Crippen LogP contribution in [-0.4, -0.2) is 11.7 Å². The van der Waals surface area contributed by atoms with Gasteiger partial charge in [0.15, 0.2) is 0 Å². The predicted octanol–water partition coefficient (Wildman–Crippen LogP) is 9.81. The molecule has 3 fully saturated rings. The molecule has 3 aliphatic carbocycles. The second-order valence-corrected chi connectivity index (χ2v) is 12.8. The number of hydrogen-bond donors (Lipinski definition) is 1. The van der Waals surface area contributed by atoms with Gasteiger partial charge in [0, 0.05) is 6.61 Å². The second kappa shape index (κ2) is 15.2. The van der Waals surface area contributed by atoms with Crippen molar-refractivity contribution in [2.24, 2.45) is 47.3 Å². The lowest BCUT2D eigenvalue weighted by Gasteiger charge is -2.46. The van der Waals surface area contributed by atoms with Gasteiger partial charge in [-0.3, -0.25) is 0 Å². The topological polar surface area (TPSA) is 20.2 Å². The highest BCUT2D eigenvalue weighted by Gasteiger charge is 2.40. The van der Waals surface area contributed by atoms with E-state index in [0.717, 1.165) is 53.8 Å². The van der Waals surface area contributed by atoms with Crippen molar-refractivity contribution in [1.29, 1.82) is 0 Å². The summed E-state index contributed by atoms with van der Waals surface area (Å²) in [6.07, 6.45) is 29.2. The van der Waals surface area contributed by atoms with Crippen LogP contribution in [0.3, 0.4) is 0 Å². The largest absolute Gasteiger partial charge is 0.396 e. The monoisotopic (exact) mass is 460 g/mol. The molecular weight excluding hydrogens is 400 g/mol. The van der Waals surface area contributed by atoms with Crippen LogP contribution >= 0.6 is 0 Å². The number of aliphatic hydroxyl groups is 1. The summed E-state index contributed by atoms with van der Waals surface area (Å²) in [6, 6.07) is 0. The molecule has 1 nitrogen and oxygen atoms in total. The number of rotatable bonds is 13. The Morgan fingerprint density at radius 3 is 1.52 bits per heavy atom. The standard InChI is InChI=1S/C32H60O/c1-4-7-8-9-10-25-11-13-26(14-12-25)15-16-27-17-19-31(29(5-2)23-27)32-20-18-28(21-22-33)24-30(32)6-3/h25-33H,4-24H2,1-3H3. The molecule has 3 rings (SSSR count). The zero-order chi connectivity index (χ0) is 23.5. The smallest absolute Gasteiger partial charge is 0.0433 e. The van der Waals surface area contributed by atoms with E-state index in [1.807, 2.05) is 0 Å². The van der Waals surface area contributed by atoms with Gasteiger partial charge in [-0.05, 0) is 79.4 Å². The minimum atomic E-state index is 0.398. The van der Waals surface area contributed by atoms with Gasteiger partial charge in [0.25, 0.3) is 0 Å². The molecule has 0 saturated heterocycles. The van der Waals surface area contributed by atoms with Crippen LogP contribution in [-0.2, 0) is 0 Å². The molecule has 0 aromatic heterocycles. The second-order valence-electron chi connectivity index (χ2n) is 12.8. The van der Waals surface area contributed by atoms with E-state index in [9.17, 15) is 5.11 Å². The van der Waals surface area contributed by atoms with Crippen molar-refractivity contribution in [2.75, 3.05) is 6.61 Å². The van der Waals surface area contributed by atoms with Crippen LogP contribution in [0.2, 0.25) is 0 Å². The Labute approximate surface area is 208 Å². The van der Waals surface area contributed by atoms with Crippen molar-refractivity contribution >= 4 is 0 Å². The maximum Gasteiger partial charge on any atom is 0.0433 e. The van der Waals surface area contributed by atoms with Crippen LogP contribution < -0.4 is 0 Å². The molecule has 194 valence electrons. The molecule has 0 bridgehead atoms. The summed E-state index contributed by atoms with van der Waals surface area (Å²) in [6.45, 7) is 7.65. The molecule has 3 aliphatic rings. The molecule has 0 spiro atoms. The molecule has 6 atom stereocenters. The number of unbranched alkanes of at least 4 members (excludes halogenated alkanes) is 3.